The first-order valence-electron chi connectivity index (χ1n) is 12.2. The van der Waals surface area contributed by atoms with Gasteiger partial charge in [-0.15, -0.1) is 0 Å². The average molecular weight is 532 g/mol. The third-order valence-electron chi connectivity index (χ3n) is 6.73. The van der Waals surface area contributed by atoms with Crippen molar-refractivity contribution in [3.8, 4) is 5.69 Å². The van der Waals surface area contributed by atoms with Crippen LogP contribution in [0.4, 0.5) is 5.69 Å². The zero-order valence-electron chi connectivity index (χ0n) is 20.9. The molecule has 0 radical (unpaired) electrons. The largest absolute Gasteiger partial charge is 0.327 e. The van der Waals surface area contributed by atoms with Crippen molar-refractivity contribution in [1.29, 1.82) is 0 Å². The Morgan fingerprint density at radius 3 is 2.30 bits per heavy atom. The Morgan fingerprint density at radius 1 is 0.919 bits per heavy atom. The van der Waals surface area contributed by atoms with Crippen LogP contribution in [0.15, 0.2) is 85.1 Å². The maximum absolute atomic E-state index is 14.2. The summed E-state index contributed by atoms with van der Waals surface area (Å²) in [6, 6.07) is 24.3. The predicted molar refractivity (Wildman–Crippen MR) is 149 cm³/mol. The highest BCUT2D eigenvalue weighted by Crippen LogP contribution is 2.42. The van der Waals surface area contributed by atoms with Crippen molar-refractivity contribution in [2.24, 2.45) is 0 Å². The molecule has 2 amide bonds. The molecule has 1 aliphatic heterocycles. The number of benzene rings is 3. The fourth-order valence-corrected chi connectivity index (χ4v) is 5.34. The van der Waals surface area contributed by atoms with Crippen LogP contribution in [0.2, 0.25) is 10.0 Å². The molecular weight excluding hydrogens is 505 g/mol. The van der Waals surface area contributed by atoms with Crippen LogP contribution in [-0.2, 0) is 4.79 Å². The Morgan fingerprint density at radius 2 is 1.62 bits per heavy atom. The molecule has 5 rings (SSSR count). The Hall–Kier alpha value is -3.54. The number of aromatic nitrogens is 1. The molecule has 4 aromatic rings. The molecule has 0 fully saturated rings. The van der Waals surface area contributed by atoms with Crippen molar-refractivity contribution in [3.63, 3.8) is 0 Å². The van der Waals surface area contributed by atoms with Crippen LogP contribution < -0.4 is 4.90 Å². The first-order chi connectivity index (χ1) is 17.8. The van der Waals surface area contributed by atoms with Crippen molar-refractivity contribution in [1.82, 2.24) is 9.47 Å². The third-order valence-corrected chi connectivity index (χ3v) is 7.28. The molecule has 3 aromatic carbocycles. The molecule has 0 saturated heterocycles. The van der Waals surface area contributed by atoms with Crippen molar-refractivity contribution < 1.29 is 9.59 Å². The van der Waals surface area contributed by atoms with Crippen LogP contribution in [0.5, 0.6) is 0 Å². The number of amides is 2. The Labute approximate surface area is 226 Å². The van der Waals surface area contributed by atoms with Gasteiger partial charge in [0.2, 0.25) is 5.91 Å². The molecule has 1 unspecified atom stereocenters. The zero-order valence-corrected chi connectivity index (χ0v) is 22.4. The van der Waals surface area contributed by atoms with E-state index in [2.05, 4.69) is 28.8 Å². The van der Waals surface area contributed by atoms with E-state index < -0.39 is 0 Å². The van der Waals surface area contributed by atoms with E-state index in [9.17, 15) is 9.59 Å². The molecule has 0 saturated carbocycles. The van der Waals surface area contributed by atoms with Gasteiger partial charge in [0.15, 0.2) is 0 Å². The van der Waals surface area contributed by atoms with Crippen molar-refractivity contribution in [3.05, 3.63) is 117 Å². The quantitative estimate of drug-likeness (QED) is 0.276. The highest BCUT2D eigenvalue weighted by atomic mass is 35.5. The zero-order chi connectivity index (χ0) is 26.3. The summed E-state index contributed by atoms with van der Waals surface area (Å²) in [5.41, 5.74) is 5.15. The maximum Gasteiger partial charge on any atom is 0.256 e. The van der Waals surface area contributed by atoms with Gasteiger partial charge in [-0.2, -0.15) is 0 Å². The second-order valence-corrected chi connectivity index (χ2v) is 10.4. The van der Waals surface area contributed by atoms with Gasteiger partial charge in [-0.05, 0) is 68.8 Å². The van der Waals surface area contributed by atoms with Gasteiger partial charge in [0.05, 0.1) is 27.7 Å². The minimum Gasteiger partial charge on any atom is -0.327 e. The van der Waals surface area contributed by atoms with E-state index in [1.807, 2.05) is 68.3 Å². The van der Waals surface area contributed by atoms with Crippen molar-refractivity contribution in [2.45, 2.75) is 32.9 Å². The molecular formula is C30H27Cl2N3O2. The molecule has 188 valence electrons. The number of anilines is 1. The number of halogens is 2. The fourth-order valence-electron chi connectivity index (χ4n) is 4.85. The van der Waals surface area contributed by atoms with Crippen LogP contribution >= 0.6 is 23.2 Å². The summed E-state index contributed by atoms with van der Waals surface area (Å²) < 4.78 is 2.13. The van der Waals surface area contributed by atoms with Crippen LogP contribution in [0.25, 0.3) is 5.69 Å². The second kappa shape index (κ2) is 10.1. The summed E-state index contributed by atoms with van der Waals surface area (Å²) in [4.78, 5) is 31.1. The average Bonchev–Trinajstić information content (AvgIpc) is 3.36. The number of fused-ring (bicyclic) bond motifs is 3. The minimum absolute atomic E-state index is 0.104. The molecule has 1 atom stereocenters. The van der Waals surface area contributed by atoms with Crippen molar-refractivity contribution in [2.75, 3.05) is 11.4 Å². The Balaban J connectivity index is 1.57. The normalized spacial score (nSPS) is 14.3. The number of rotatable bonds is 5. The summed E-state index contributed by atoms with van der Waals surface area (Å²) in [6.45, 7) is 5.72. The van der Waals surface area contributed by atoms with Gasteiger partial charge in [0, 0.05) is 17.3 Å². The van der Waals surface area contributed by atoms with E-state index in [0.29, 0.717) is 10.6 Å². The van der Waals surface area contributed by atoms with Gasteiger partial charge < -0.3 is 9.47 Å². The summed E-state index contributed by atoms with van der Waals surface area (Å²) in [6.07, 6.45) is 2.02. The summed E-state index contributed by atoms with van der Waals surface area (Å²) in [7, 11) is 0. The first-order valence-corrected chi connectivity index (χ1v) is 12.9. The highest BCUT2D eigenvalue weighted by molar-refractivity contribution is 6.36. The van der Waals surface area contributed by atoms with Crippen LogP contribution in [0.3, 0.4) is 0 Å². The van der Waals surface area contributed by atoms with E-state index in [0.717, 1.165) is 28.2 Å². The maximum atomic E-state index is 14.2. The van der Waals surface area contributed by atoms with Gasteiger partial charge >= 0.3 is 0 Å². The van der Waals surface area contributed by atoms with Crippen molar-refractivity contribution >= 4 is 40.7 Å². The number of carbonyl (C=O) groups is 2. The lowest BCUT2D eigenvalue weighted by molar-refractivity contribution is -0.120. The third kappa shape index (κ3) is 4.65. The van der Waals surface area contributed by atoms with Gasteiger partial charge in [-0.3, -0.25) is 14.5 Å². The molecule has 1 aliphatic rings. The van der Waals surface area contributed by atoms with E-state index in [1.165, 1.54) is 0 Å². The topological polar surface area (TPSA) is 45.6 Å². The van der Waals surface area contributed by atoms with E-state index in [-0.39, 0.29) is 35.5 Å². The molecule has 5 nitrogen and oxygen atoms in total. The number of hydrogen-bond acceptors (Lipinski definition) is 2. The lowest BCUT2D eigenvalue weighted by Crippen LogP contribution is -2.48. The Kier molecular flexibility index (Phi) is 6.84. The standard InChI is InChI=1S/C30H27Cl2N3O2/c1-19(2)34(30(37)23-15-14-22(31)17-24(23)32)18-28(36)35-26-8-5-4-7-25(26)33-16-6-9-27(33)29(35)21-12-10-20(3)11-13-21/h4-17,19,29H,18H2,1-3H3. The number of nitrogens with zero attached hydrogens (tertiary/aromatic N) is 3. The van der Waals surface area contributed by atoms with E-state index >= 15 is 0 Å². The Bertz CT molecular complexity index is 1480. The van der Waals surface area contributed by atoms with Crippen LogP contribution in [0.1, 0.15) is 47.1 Å². The monoisotopic (exact) mass is 531 g/mol. The molecule has 0 N–H and O–H groups in total. The molecule has 0 bridgehead atoms. The van der Waals surface area contributed by atoms with Crippen LogP contribution in [0, 0.1) is 6.92 Å². The molecule has 2 heterocycles. The fraction of sp³-hybridized carbons (Fsp3) is 0.200. The number of carbonyl (C=O) groups excluding carboxylic acids is 2. The van der Waals surface area contributed by atoms with E-state index in [4.69, 9.17) is 23.2 Å². The molecule has 7 heteroatoms. The lowest BCUT2D eigenvalue weighted by Gasteiger charge is -2.40. The van der Waals surface area contributed by atoms with E-state index in [1.54, 1.807) is 23.1 Å². The predicted octanol–water partition coefficient (Wildman–Crippen LogP) is 7.08. The highest BCUT2D eigenvalue weighted by Gasteiger charge is 2.37. The smallest absolute Gasteiger partial charge is 0.256 e. The number of hydrogen-bond donors (Lipinski definition) is 0. The van der Waals surface area contributed by atoms with Gasteiger partial charge in [-0.25, -0.2) is 0 Å². The molecule has 37 heavy (non-hydrogen) atoms. The second-order valence-electron chi connectivity index (χ2n) is 9.52. The van der Waals surface area contributed by atoms with Gasteiger partial charge in [-0.1, -0.05) is 65.2 Å². The SMILES string of the molecule is Cc1ccc(C2c3cccn3-c3ccccc3N2C(=O)CN(C(=O)c2ccc(Cl)cc2Cl)C(C)C)cc1. The molecule has 1 aromatic heterocycles. The summed E-state index contributed by atoms with van der Waals surface area (Å²) >= 11 is 12.4. The van der Waals surface area contributed by atoms with Crippen LogP contribution in [-0.4, -0.2) is 33.9 Å². The molecule has 0 spiro atoms. The molecule has 0 aliphatic carbocycles. The first kappa shape index (κ1) is 25.1. The van der Waals surface area contributed by atoms with Gasteiger partial charge in [0.25, 0.3) is 5.91 Å². The number of aryl methyl sites for hydroxylation is 1. The summed E-state index contributed by atoms with van der Waals surface area (Å²) in [5, 5.41) is 0.705. The van der Waals surface area contributed by atoms with Gasteiger partial charge in [0.1, 0.15) is 12.6 Å². The number of para-hydroxylation sites is 2. The summed E-state index contributed by atoms with van der Waals surface area (Å²) in [5.74, 6) is -0.497. The minimum atomic E-state index is -0.346. The lowest BCUT2D eigenvalue weighted by atomic mass is 9.97.